The van der Waals surface area contributed by atoms with Crippen LogP contribution >= 0.6 is 0 Å². The van der Waals surface area contributed by atoms with Crippen LogP contribution in [0.15, 0.2) is 53.5 Å². The molecule has 2 aromatic rings. The first-order valence-corrected chi connectivity index (χ1v) is 6.85. The van der Waals surface area contributed by atoms with Gasteiger partial charge in [-0.2, -0.15) is 0 Å². The molecule has 6 heteroatoms. The van der Waals surface area contributed by atoms with E-state index in [1.165, 1.54) is 20.3 Å². The number of ether oxygens (including phenoxy) is 3. The lowest BCUT2D eigenvalue weighted by atomic mass is 10.2. The number of hydrogen-bond donors (Lipinski definition) is 0. The Bertz CT molecular complexity index is 792. The molecule has 0 saturated carbocycles. The van der Waals surface area contributed by atoms with Gasteiger partial charge in [0.05, 0.1) is 14.2 Å². The van der Waals surface area contributed by atoms with Crippen molar-refractivity contribution in [1.82, 2.24) is 4.57 Å². The van der Waals surface area contributed by atoms with Crippen LogP contribution in [0, 0.1) is 6.92 Å². The van der Waals surface area contributed by atoms with E-state index >= 15 is 0 Å². The van der Waals surface area contributed by atoms with Crippen molar-refractivity contribution in [2.45, 2.75) is 6.92 Å². The lowest BCUT2D eigenvalue weighted by Gasteiger charge is -2.14. The van der Waals surface area contributed by atoms with Crippen LogP contribution in [0.3, 0.4) is 0 Å². The number of nitrogens with zero attached hydrogens (tertiary/aromatic N) is 1. The van der Waals surface area contributed by atoms with Gasteiger partial charge in [-0.15, -0.1) is 0 Å². The van der Waals surface area contributed by atoms with Gasteiger partial charge in [-0.05, 0) is 30.7 Å². The number of benzene rings is 1. The lowest BCUT2D eigenvalue weighted by molar-refractivity contribution is -0.134. The van der Waals surface area contributed by atoms with Gasteiger partial charge in [0, 0.05) is 6.07 Å². The van der Waals surface area contributed by atoms with Gasteiger partial charge in [0.2, 0.25) is 5.88 Å². The minimum atomic E-state index is -0.714. The molecule has 0 aliphatic rings. The first-order valence-electron chi connectivity index (χ1n) is 6.85. The SMILES string of the molecule is CO/C=C(\C(=O)OC)n1c(Oc2cccc(C)c2)cccc1=O. The average Bonchev–Trinajstić information content (AvgIpc) is 2.53. The van der Waals surface area contributed by atoms with Crippen LogP contribution < -0.4 is 10.3 Å². The van der Waals surface area contributed by atoms with Crippen molar-refractivity contribution in [2.24, 2.45) is 0 Å². The highest BCUT2D eigenvalue weighted by molar-refractivity contribution is 6.09. The topological polar surface area (TPSA) is 66.8 Å². The molecule has 0 amide bonds. The maximum absolute atomic E-state index is 12.2. The van der Waals surface area contributed by atoms with E-state index in [4.69, 9.17) is 14.2 Å². The molecule has 0 saturated heterocycles. The zero-order chi connectivity index (χ0) is 16.8. The standard InChI is InChI=1S/C17H17NO5/c1-12-6-4-7-13(10-12)23-16-9-5-8-15(19)18(16)14(11-21-2)17(20)22-3/h4-11H,1-3H3/b14-11+. The average molecular weight is 315 g/mol. The van der Waals surface area contributed by atoms with Crippen LogP contribution in [-0.4, -0.2) is 24.8 Å². The van der Waals surface area contributed by atoms with Crippen molar-refractivity contribution in [3.63, 3.8) is 0 Å². The quantitative estimate of drug-likeness (QED) is 0.482. The van der Waals surface area contributed by atoms with Gasteiger partial charge in [-0.3, -0.25) is 4.79 Å². The van der Waals surface area contributed by atoms with E-state index in [9.17, 15) is 9.59 Å². The smallest absolute Gasteiger partial charge is 0.358 e. The van der Waals surface area contributed by atoms with E-state index < -0.39 is 11.5 Å². The van der Waals surface area contributed by atoms with E-state index in [1.807, 2.05) is 25.1 Å². The molecule has 0 spiro atoms. The third-order valence-electron chi connectivity index (χ3n) is 3.00. The van der Waals surface area contributed by atoms with Gasteiger partial charge in [-0.25, -0.2) is 9.36 Å². The Morgan fingerprint density at radius 1 is 1.13 bits per heavy atom. The molecular weight excluding hydrogens is 298 g/mol. The summed E-state index contributed by atoms with van der Waals surface area (Å²) in [6, 6.07) is 11.8. The number of methoxy groups -OCH3 is 2. The number of esters is 1. The number of aromatic nitrogens is 1. The fourth-order valence-corrected chi connectivity index (χ4v) is 2.00. The number of rotatable bonds is 5. The summed E-state index contributed by atoms with van der Waals surface area (Å²) >= 11 is 0. The molecule has 0 unspecified atom stereocenters. The first kappa shape index (κ1) is 16.4. The van der Waals surface area contributed by atoms with E-state index in [-0.39, 0.29) is 11.6 Å². The molecule has 1 aromatic heterocycles. The predicted octanol–water partition coefficient (Wildman–Crippen LogP) is 2.57. The summed E-state index contributed by atoms with van der Waals surface area (Å²) in [5.41, 5.74) is 0.486. The maximum atomic E-state index is 12.2. The van der Waals surface area contributed by atoms with Crippen LogP contribution in [-0.2, 0) is 14.3 Å². The molecule has 0 atom stereocenters. The summed E-state index contributed by atoms with van der Waals surface area (Å²) in [5, 5.41) is 0. The largest absolute Gasteiger partial charge is 0.502 e. The van der Waals surface area contributed by atoms with Gasteiger partial charge in [0.1, 0.15) is 12.0 Å². The Morgan fingerprint density at radius 3 is 2.52 bits per heavy atom. The molecule has 0 aliphatic heterocycles. The lowest BCUT2D eigenvalue weighted by Crippen LogP contribution is -2.24. The highest BCUT2D eigenvalue weighted by atomic mass is 16.5. The van der Waals surface area contributed by atoms with Crippen LogP contribution in [0.25, 0.3) is 5.70 Å². The number of aryl methyl sites for hydroxylation is 1. The second kappa shape index (κ2) is 7.31. The van der Waals surface area contributed by atoms with Gasteiger partial charge < -0.3 is 14.2 Å². The van der Waals surface area contributed by atoms with E-state index in [0.29, 0.717) is 5.75 Å². The van der Waals surface area contributed by atoms with Crippen LogP contribution in [0.1, 0.15) is 5.56 Å². The molecule has 1 heterocycles. The fourth-order valence-electron chi connectivity index (χ4n) is 2.00. The second-order valence-corrected chi connectivity index (χ2v) is 4.69. The van der Waals surface area contributed by atoms with Gasteiger partial charge in [0.15, 0.2) is 5.70 Å². The van der Waals surface area contributed by atoms with Crippen molar-refractivity contribution in [2.75, 3.05) is 14.2 Å². The van der Waals surface area contributed by atoms with Crippen molar-refractivity contribution in [1.29, 1.82) is 0 Å². The summed E-state index contributed by atoms with van der Waals surface area (Å²) in [6.45, 7) is 1.93. The third kappa shape index (κ3) is 3.79. The Kier molecular flexibility index (Phi) is 5.19. The summed E-state index contributed by atoms with van der Waals surface area (Å²) in [4.78, 5) is 24.1. The predicted molar refractivity (Wildman–Crippen MR) is 85.3 cm³/mol. The van der Waals surface area contributed by atoms with Gasteiger partial charge in [-0.1, -0.05) is 18.2 Å². The highest BCUT2D eigenvalue weighted by Crippen LogP contribution is 2.23. The molecule has 0 bridgehead atoms. The molecule has 0 fully saturated rings. The number of carbonyl (C=O) groups excluding carboxylic acids is 1. The first-order chi connectivity index (χ1) is 11.1. The number of carbonyl (C=O) groups is 1. The van der Waals surface area contributed by atoms with Crippen LogP contribution in [0.4, 0.5) is 0 Å². The fraction of sp³-hybridized carbons (Fsp3) is 0.176. The minimum Gasteiger partial charge on any atom is -0.502 e. The summed E-state index contributed by atoms with van der Waals surface area (Å²) in [7, 11) is 2.60. The Balaban J connectivity index is 2.53. The molecule has 6 nitrogen and oxygen atoms in total. The molecular formula is C17H17NO5. The number of pyridine rings is 1. The van der Waals surface area contributed by atoms with Crippen LogP contribution in [0.2, 0.25) is 0 Å². The maximum Gasteiger partial charge on any atom is 0.358 e. The van der Waals surface area contributed by atoms with E-state index in [1.54, 1.807) is 18.2 Å². The zero-order valence-electron chi connectivity index (χ0n) is 13.1. The Hall–Kier alpha value is -3.02. The van der Waals surface area contributed by atoms with Crippen molar-refractivity contribution in [3.8, 4) is 11.6 Å². The minimum absolute atomic E-state index is 0.0803. The molecule has 0 aliphatic carbocycles. The molecule has 23 heavy (non-hydrogen) atoms. The number of hydrogen-bond acceptors (Lipinski definition) is 5. The summed E-state index contributed by atoms with van der Waals surface area (Å²) in [5.74, 6) is 0.0111. The third-order valence-corrected chi connectivity index (χ3v) is 3.00. The van der Waals surface area contributed by atoms with Crippen molar-refractivity contribution in [3.05, 3.63) is 64.6 Å². The molecule has 0 N–H and O–H groups in total. The molecule has 0 radical (unpaired) electrons. The molecule has 120 valence electrons. The van der Waals surface area contributed by atoms with E-state index in [2.05, 4.69) is 0 Å². The second-order valence-electron chi connectivity index (χ2n) is 4.69. The Labute approximate surface area is 133 Å². The molecule has 2 rings (SSSR count). The molecule has 1 aromatic carbocycles. The van der Waals surface area contributed by atoms with Gasteiger partial charge >= 0.3 is 5.97 Å². The van der Waals surface area contributed by atoms with Crippen molar-refractivity contribution < 1.29 is 19.0 Å². The summed E-state index contributed by atoms with van der Waals surface area (Å²) < 4.78 is 16.4. The monoisotopic (exact) mass is 315 g/mol. The highest BCUT2D eigenvalue weighted by Gasteiger charge is 2.18. The van der Waals surface area contributed by atoms with E-state index in [0.717, 1.165) is 16.4 Å². The zero-order valence-corrected chi connectivity index (χ0v) is 13.1. The van der Waals surface area contributed by atoms with Gasteiger partial charge in [0.25, 0.3) is 5.56 Å². The Morgan fingerprint density at radius 2 is 1.87 bits per heavy atom. The van der Waals surface area contributed by atoms with Crippen LogP contribution in [0.5, 0.6) is 11.6 Å². The normalized spacial score (nSPS) is 11.0. The summed E-state index contributed by atoms with van der Waals surface area (Å²) in [6.07, 6.45) is 1.14. The van der Waals surface area contributed by atoms with Crippen molar-refractivity contribution >= 4 is 11.7 Å².